The summed E-state index contributed by atoms with van der Waals surface area (Å²) >= 11 is 0. The highest BCUT2D eigenvalue weighted by Crippen LogP contribution is 2.29. The van der Waals surface area contributed by atoms with Crippen molar-refractivity contribution < 1.29 is 4.74 Å². The van der Waals surface area contributed by atoms with Crippen LogP contribution >= 0.6 is 0 Å². The van der Waals surface area contributed by atoms with Crippen molar-refractivity contribution in [3.63, 3.8) is 0 Å². The summed E-state index contributed by atoms with van der Waals surface area (Å²) in [5, 5.41) is 6.65. The van der Waals surface area contributed by atoms with Gasteiger partial charge in [-0.2, -0.15) is 0 Å². The molecule has 0 saturated heterocycles. The average Bonchev–Trinajstić information content (AvgIpc) is 3.40. The zero-order chi connectivity index (χ0) is 16.3. The SMILES string of the molecule is CCCCCNC(=NCc1ccc(OCC2CC2)nc1)NCC. The Kier molecular flexibility index (Phi) is 7.70. The molecule has 0 aliphatic heterocycles. The van der Waals surface area contributed by atoms with Crippen molar-refractivity contribution in [2.24, 2.45) is 10.9 Å². The second kappa shape index (κ2) is 10.1. The summed E-state index contributed by atoms with van der Waals surface area (Å²) in [7, 11) is 0. The Morgan fingerprint density at radius 2 is 2.13 bits per heavy atom. The molecule has 5 heteroatoms. The minimum Gasteiger partial charge on any atom is -0.477 e. The lowest BCUT2D eigenvalue weighted by Crippen LogP contribution is -2.37. The molecule has 1 aliphatic rings. The third-order valence-corrected chi connectivity index (χ3v) is 3.80. The summed E-state index contributed by atoms with van der Waals surface area (Å²) in [6.45, 7) is 7.55. The van der Waals surface area contributed by atoms with Crippen molar-refractivity contribution in [2.75, 3.05) is 19.7 Å². The maximum absolute atomic E-state index is 5.65. The molecule has 1 aliphatic carbocycles. The lowest BCUT2D eigenvalue weighted by Gasteiger charge is -2.11. The Hall–Kier alpha value is -1.78. The second-order valence-electron chi connectivity index (χ2n) is 6.09. The first-order valence-corrected chi connectivity index (χ1v) is 8.91. The van der Waals surface area contributed by atoms with Gasteiger partial charge in [0.15, 0.2) is 5.96 Å². The molecule has 128 valence electrons. The number of hydrogen-bond acceptors (Lipinski definition) is 3. The largest absolute Gasteiger partial charge is 0.477 e. The van der Waals surface area contributed by atoms with E-state index in [0.29, 0.717) is 12.4 Å². The number of hydrogen-bond donors (Lipinski definition) is 2. The van der Waals surface area contributed by atoms with E-state index in [4.69, 9.17) is 4.74 Å². The molecule has 0 unspecified atom stereocenters. The minimum atomic E-state index is 0.624. The number of unbranched alkanes of at least 4 members (excludes halogenated alkanes) is 2. The van der Waals surface area contributed by atoms with Crippen LogP contribution in [0.3, 0.4) is 0 Å². The molecule has 0 radical (unpaired) electrons. The Bertz CT molecular complexity index is 468. The van der Waals surface area contributed by atoms with Crippen LogP contribution in [0.5, 0.6) is 5.88 Å². The van der Waals surface area contributed by atoms with Gasteiger partial charge in [0.1, 0.15) is 0 Å². The van der Waals surface area contributed by atoms with Gasteiger partial charge in [0.05, 0.1) is 13.2 Å². The van der Waals surface area contributed by atoms with E-state index in [0.717, 1.165) is 37.1 Å². The van der Waals surface area contributed by atoms with Crippen LogP contribution in [-0.4, -0.2) is 30.6 Å². The average molecular weight is 318 g/mol. The number of nitrogens with zero attached hydrogens (tertiary/aromatic N) is 2. The molecule has 2 N–H and O–H groups in total. The van der Waals surface area contributed by atoms with Gasteiger partial charge in [0.25, 0.3) is 0 Å². The summed E-state index contributed by atoms with van der Waals surface area (Å²) < 4.78 is 5.65. The van der Waals surface area contributed by atoms with Crippen LogP contribution in [-0.2, 0) is 6.54 Å². The maximum atomic E-state index is 5.65. The molecule has 0 amide bonds. The number of aromatic nitrogens is 1. The number of nitrogens with one attached hydrogen (secondary N) is 2. The molecular weight excluding hydrogens is 288 g/mol. The van der Waals surface area contributed by atoms with E-state index in [-0.39, 0.29) is 0 Å². The van der Waals surface area contributed by atoms with Crippen LogP contribution in [0.4, 0.5) is 0 Å². The summed E-state index contributed by atoms with van der Waals surface area (Å²) in [4.78, 5) is 8.97. The normalized spacial score (nSPS) is 14.6. The third kappa shape index (κ3) is 7.35. The fourth-order valence-corrected chi connectivity index (χ4v) is 2.17. The second-order valence-corrected chi connectivity index (χ2v) is 6.09. The van der Waals surface area contributed by atoms with Crippen LogP contribution in [0.25, 0.3) is 0 Å². The van der Waals surface area contributed by atoms with Crippen molar-refractivity contribution >= 4 is 5.96 Å². The third-order valence-electron chi connectivity index (χ3n) is 3.80. The van der Waals surface area contributed by atoms with Crippen LogP contribution in [0.2, 0.25) is 0 Å². The molecule has 0 atom stereocenters. The molecule has 0 spiro atoms. The molecule has 1 aromatic heterocycles. The van der Waals surface area contributed by atoms with Gasteiger partial charge in [-0.15, -0.1) is 0 Å². The van der Waals surface area contributed by atoms with Gasteiger partial charge in [-0.25, -0.2) is 9.98 Å². The number of rotatable bonds is 10. The van der Waals surface area contributed by atoms with E-state index in [1.807, 2.05) is 18.3 Å². The molecule has 0 bridgehead atoms. The Balaban J connectivity index is 1.77. The van der Waals surface area contributed by atoms with Crippen molar-refractivity contribution in [1.29, 1.82) is 0 Å². The number of ether oxygens (including phenoxy) is 1. The highest BCUT2D eigenvalue weighted by Gasteiger charge is 2.21. The zero-order valence-electron chi connectivity index (χ0n) is 14.5. The van der Waals surface area contributed by atoms with Gasteiger partial charge >= 0.3 is 0 Å². The quantitative estimate of drug-likeness (QED) is 0.395. The van der Waals surface area contributed by atoms with Crippen LogP contribution in [0.15, 0.2) is 23.3 Å². The van der Waals surface area contributed by atoms with Gasteiger partial charge in [-0.05, 0) is 37.7 Å². The molecule has 0 aromatic carbocycles. The van der Waals surface area contributed by atoms with Crippen LogP contribution < -0.4 is 15.4 Å². The van der Waals surface area contributed by atoms with Gasteiger partial charge in [-0.3, -0.25) is 0 Å². The van der Waals surface area contributed by atoms with E-state index in [2.05, 4.69) is 34.5 Å². The molecular formula is C18H30N4O. The summed E-state index contributed by atoms with van der Waals surface area (Å²) in [5.41, 5.74) is 1.09. The molecule has 23 heavy (non-hydrogen) atoms. The Morgan fingerprint density at radius 3 is 2.78 bits per heavy atom. The van der Waals surface area contributed by atoms with Crippen LogP contribution in [0.1, 0.15) is 51.5 Å². The van der Waals surface area contributed by atoms with E-state index in [9.17, 15) is 0 Å². The Morgan fingerprint density at radius 1 is 1.26 bits per heavy atom. The lowest BCUT2D eigenvalue weighted by atomic mass is 10.2. The fourth-order valence-electron chi connectivity index (χ4n) is 2.17. The minimum absolute atomic E-state index is 0.624. The van der Waals surface area contributed by atoms with Crippen molar-refractivity contribution in [3.8, 4) is 5.88 Å². The molecule has 1 fully saturated rings. The summed E-state index contributed by atoms with van der Waals surface area (Å²) in [6.07, 6.45) is 8.10. The van der Waals surface area contributed by atoms with E-state index in [1.54, 1.807) is 0 Å². The van der Waals surface area contributed by atoms with Gasteiger partial charge in [0, 0.05) is 25.4 Å². The van der Waals surface area contributed by atoms with Crippen molar-refractivity contribution in [1.82, 2.24) is 15.6 Å². The molecule has 1 aromatic rings. The van der Waals surface area contributed by atoms with E-state index in [1.165, 1.54) is 32.1 Å². The number of pyridine rings is 1. The van der Waals surface area contributed by atoms with Crippen molar-refractivity contribution in [2.45, 2.75) is 52.5 Å². The highest BCUT2D eigenvalue weighted by molar-refractivity contribution is 5.79. The molecule has 1 saturated carbocycles. The summed E-state index contributed by atoms with van der Waals surface area (Å²) in [5.74, 6) is 2.34. The highest BCUT2D eigenvalue weighted by atomic mass is 16.5. The van der Waals surface area contributed by atoms with Gasteiger partial charge < -0.3 is 15.4 Å². The molecule has 5 nitrogen and oxygen atoms in total. The number of aliphatic imine (C=N–C) groups is 1. The zero-order valence-corrected chi connectivity index (χ0v) is 14.5. The number of guanidine groups is 1. The van der Waals surface area contributed by atoms with Gasteiger partial charge in [0.2, 0.25) is 5.88 Å². The first-order valence-electron chi connectivity index (χ1n) is 8.91. The maximum Gasteiger partial charge on any atom is 0.213 e. The fraction of sp³-hybridized carbons (Fsp3) is 0.667. The first kappa shape index (κ1) is 17.6. The standard InChI is InChI=1S/C18H30N4O/c1-3-5-6-11-20-18(19-4-2)22-13-16-9-10-17(21-12-16)23-14-15-7-8-15/h9-10,12,15H,3-8,11,13-14H2,1-2H3,(H2,19,20,22). The first-order chi connectivity index (χ1) is 11.3. The van der Waals surface area contributed by atoms with Gasteiger partial charge in [-0.1, -0.05) is 25.8 Å². The van der Waals surface area contributed by atoms with E-state index < -0.39 is 0 Å². The lowest BCUT2D eigenvalue weighted by molar-refractivity contribution is 0.288. The van der Waals surface area contributed by atoms with Crippen molar-refractivity contribution in [3.05, 3.63) is 23.9 Å². The summed E-state index contributed by atoms with van der Waals surface area (Å²) in [6, 6.07) is 3.98. The predicted octanol–water partition coefficient (Wildman–Crippen LogP) is 3.12. The topological polar surface area (TPSA) is 58.5 Å². The van der Waals surface area contributed by atoms with E-state index >= 15 is 0 Å². The monoisotopic (exact) mass is 318 g/mol. The smallest absolute Gasteiger partial charge is 0.213 e. The molecule has 1 heterocycles. The van der Waals surface area contributed by atoms with Crippen LogP contribution in [0, 0.1) is 5.92 Å². The predicted molar refractivity (Wildman–Crippen MR) is 94.8 cm³/mol. The molecule has 2 rings (SSSR count). The Labute approximate surface area is 139 Å².